The van der Waals surface area contributed by atoms with Crippen LogP contribution in [0.15, 0.2) is 40.9 Å². The lowest BCUT2D eigenvalue weighted by Gasteiger charge is -2.09. The van der Waals surface area contributed by atoms with Crippen LogP contribution in [-0.2, 0) is 0 Å². The van der Waals surface area contributed by atoms with Crippen LogP contribution in [0.4, 0.5) is 14.5 Å². The Morgan fingerprint density at radius 3 is 2.58 bits per heavy atom. The topological polar surface area (TPSA) is 29.1 Å². The quantitative estimate of drug-likeness (QED) is 0.876. The molecule has 0 unspecified atom stereocenters. The molecule has 0 radical (unpaired) electrons. The molecule has 0 saturated heterocycles. The van der Waals surface area contributed by atoms with E-state index in [0.717, 1.165) is 0 Å². The van der Waals surface area contributed by atoms with E-state index in [0.29, 0.717) is 15.7 Å². The molecular formula is C14H10BrF2NO. The zero-order valence-corrected chi connectivity index (χ0v) is 11.6. The van der Waals surface area contributed by atoms with Crippen molar-refractivity contribution in [3.63, 3.8) is 0 Å². The van der Waals surface area contributed by atoms with Crippen molar-refractivity contribution in [1.29, 1.82) is 0 Å². The van der Waals surface area contributed by atoms with Crippen LogP contribution in [0, 0.1) is 18.6 Å². The zero-order chi connectivity index (χ0) is 14.0. The van der Waals surface area contributed by atoms with Crippen molar-refractivity contribution in [2.45, 2.75) is 6.92 Å². The van der Waals surface area contributed by atoms with Crippen molar-refractivity contribution >= 4 is 27.5 Å². The first kappa shape index (κ1) is 13.7. The maximum atomic E-state index is 13.6. The average molecular weight is 326 g/mol. The maximum absolute atomic E-state index is 13.6. The molecule has 2 nitrogen and oxygen atoms in total. The van der Waals surface area contributed by atoms with Gasteiger partial charge in [-0.3, -0.25) is 4.79 Å². The molecule has 1 amide bonds. The van der Waals surface area contributed by atoms with Gasteiger partial charge in [-0.15, -0.1) is 0 Å². The van der Waals surface area contributed by atoms with E-state index in [1.165, 1.54) is 24.3 Å². The number of anilines is 1. The second-order valence-electron chi connectivity index (χ2n) is 3.99. The molecule has 0 bridgehead atoms. The number of hydrogen-bond donors (Lipinski definition) is 1. The van der Waals surface area contributed by atoms with Gasteiger partial charge in [0.15, 0.2) is 0 Å². The molecular weight excluding hydrogens is 316 g/mol. The van der Waals surface area contributed by atoms with Crippen molar-refractivity contribution in [2.24, 2.45) is 0 Å². The van der Waals surface area contributed by atoms with Gasteiger partial charge >= 0.3 is 0 Å². The standard InChI is InChI=1S/C14H10BrF2NO/c1-8-11(16)3-2-4-13(8)18-14(19)10-6-5-9(15)7-12(10)17/h2-7H,1H3,(H,18,19). The van der Waals surface area contributed by atoms with E-state index < -0.39 is 17.5 Å². The monoisotopic (exact) mass is 325 g/mol. The third-order valence-electron chi connectivity index (χ3n) is 2.69. The van der Waals surface area contributed by atoms with Crippen LogP contribution in [0.1, 0.15) is 15.9 Å². The van der Waals surface area contributed by atoms with Gasteiger partial charge in [0.2, 0.25) is 0 Å². The van der Waals surface area contributed by atoms with Gasteiger partial charge in [-0.25, -0.2) is 8.78 Å². The highest BCUT2D eigenvalue weighted by Gasteiger charge is 2.13. The van der Waals surface area contributed by atoms with Crippen LogP contribution >= 0.6 is 15.9 Å². The summed E-state index contributed by atoms with van der Waals surface area (Å²) in [6.45, 7) is 1.54. The summed E-state index contributed by atoms with van der Waals surface area (Å²) in [4.78, 5) is 11.9. The molecule has 2 rings (SSSR count). The minimum absolute atomic E-state index is 0.0909. The maximum Gasteiger partial charge on any atom is 0.258 e. The Morgan fingerprint density at radius 2 is 1.89 bits per heavy atom. The molecule has 0 aliphatic rings. The summed E-state index contributed by atoms with van der Waals surface area (Å²) in [6, 6.07) is 8.47. The molecule has 2 aromatic rings. The minimum Gasteiger partial charge on any atom is -0.322 e. The Hall–Kier alpha value is -1.75. The third-order valence-corrected chi connectivity index (χ3v) is 3.18. The highest BCUT2D eigenvalue weighted by atomic mass is 79.9. The predicted octanol–water partition coefficient (Wildman–Crippen LogP) is 4.29. The summed E-state index contributed by atoms with van der Waals surface area (Å²) in [7, 11) is 0. The smallest absolute Gasteiger partial charge is 0.258 e. The minimum atomic E-state index is -0.638. The fourth-order valence-electron chi connectivity index (χ4n) is 1.61. The van der Waals surface area contributed by atoms with Crippen LogP contribution in [0.25, 0.3) is 0 Å². The Labute approximate surface area is 117 Å². The fourth-order valence-corrected chi connectivity index (χ4v) is 1.94. The first-order valence-corrected chi connectivity index (χ1v) is 6.30. The fraction of sp³-hybridized carbons (Fsp3) is 0.0714. The Balaban J connectivity index is 2.28. The van der Waals surface area contributed by atoms with Crippen LogP contribution in [-0.4, -0.2) is 5.91 Å². The second-order valence-corrected chi connectivity index (χ2v) is 4.91. The summed E-state index contributed by atoms with van der Waals surface area (Å²) in [5.41, 5.74) is 0.549. The summed E-state index contributed by atoms with van der Waals surface area (Å²) < 4.78 is 27.5. The first-order chi connectivity index (χ1) is 8.99. The number of hydrogen-bond acceptors (Lipinski definition) is 1. The normalized spacial score (nSPS) is 10.3. The third kappa shape index (κ3) is 2.98. The van der Waals surface area contributed by atoms with E-state index in [4.69, 9.17) is 0 Å². The van der Waals surface area contributed by atoms with Crippen molar-refractivity contribution < 1.29 is 13.6 Å². The molecule has 2 aromatic carbocycles. The van der Waals surface area contributed by atoms with Gasteiger partial charge in [0.25, 0.3) is 5.91 Å². The van der Waals surface area contributed by atoms with E-state index in [2.05, 4.69) is 21.2 Å². The predicted molar refractivity (Wildman–Crippen MR) is 73.2 cm³/mol. The van der Waals surface area contributed by atoms with E-state index in [1.54, 1.807) is 19.1 Å². The molecule has 1 N–H and O–H groups in total. The van der Waals surface area contributed by atoms with Crippen LogP contribution in [0.2, 0.25) is 0 Å². The molecule has 0 fully saturated rings. The number of rotatable bonds is 2. The van der Waals surface area contributed by atoms with Gasteiger partial charge in [-0.2, -0.15) is 0 Å². The molecule has 98 valence electrons. The molecule has 0 aromatic heterocycles. The van der Waals surface area contributed by atoms with Gasteiger partial charge in [-0.1, -0.05) is 22.0 Å². The van der Waals surface area contributed by atoms with Crippen molar-refractivity contribution in [1.82, 2.24) is 0 Å². The molecule has 0 saturated carbocycles. The van der Waals surface area contributed by atoms with Gasteiger partial charge in [0, 0.05) is 15.7 Å². The van der Waals surface area contributed by atoms with E-state index in [9.17, 15) is 13.6 Å². The SMILES string of the molecule is Cc1c(F)cccc1NC(=O)c1ccc(Br)cc1F. The van der Waals surface area contributed by atoms with Crippen LogP contribution in [0.5, 0.6) is 0 Å². The van der Waals surface area contributed by atoms with Crippen LogP contribution < -0.4 is 5.32 Å². The second kappa shape index (κ2) is 5.48. The van der Waals surface area contributed by atoms with Gasteiger partial charge in [-0.05, 0) is 37.3 Å². The van der Waals surface area contributed by atoms with Gasteiger partial charge in [0.05, 0.1) is 5.56 Å². The number of amides is 1. The number of nitrogens with one attached hydrogen (secondary N) is 1. The molecule has 0 atom stereocenters. The van der Waals surface area contributed by atoms with Crippen molar-refractivity contribution in [3.05, 3.63) is 63.6 Å². The lowest BCUT2D eigenvalue weighted by atomic mass is 10.1. The van der Waals surface area contributed by atoms with E-state index >= 15 is 0 Å². The van der Waals surface area contributed by atoms with Crippen molar-refractivity contribution in [3.8, 4) is 0 Å². The van der Waals surface area contributed by atoms with E-state index in [1.807, 2.05) is 0 Å². The summed E-state index contributed by atoms with van der Waals surface area (Å²) in [6.07, 6.45) is 0. The van der Waals surface area contributed by atoms with Crippen molar-refractivity contribution in [2.75, 3.05) is 5.32 Å². The van der Waals surface area contributed by atoms with E-state index in [-0.39, 0.29) is 5.56 Å². The lowest BCUT2D eigenvalue weighted by molar-refractivity contribution is 0.102. The van der Waals surface area contributed by atoms with Crippen LogP contribution in [0.3, 0.4) is 0 Å². The molecule has 5 heteroatoms. The molecule has 0 spiro atoms. The number of benzene rings is 2. The molecule has 0 aliphatic heterocycles. The summed E-state index contributed by atoms with van der Waals surface area (Å²) in [5, 5.41) is 2.49. The molecule has 19 heavy (non-hydrogen) atoms. The lowest BCUT2D eigenvalue weighted by Crippen LogP contribution is -2.14. The Morgan fingerprint density at radius 1 is 1.16 bits per heavy atom. The number of carbonyl (C=O) groups excluding carboxylic acids is 1. The Kier molecular flexibility index (Phi) is 3.95. The molecule has 0 aliphatic carbocycles. The largest absolute Gasteiger partial charge is 0.322 e. The highest BCUT2D eigenvalue weighted by molar-refractivity contribution is 9.10. The zero-order valence-electron chi connectivity index (χ0n) is 10.0. The number of halogens is 3. The van der Waals surface area contributed by atoms with Gasteiger partial charge < -0.3 is 5.32 Å². The summed E-state index contributed by atoms with van der Waals surface area (Å²) in [5.74, 6) is -1.67. The summed E-state index contributed by atoms with van der Waals surface area (Å²) >= 11 is 3.11. The first-order valence-electron chi connectivity index (χ1n) is 5.50. The average Bonchev–Trinajstić information content (AvgIpc) is 2.34. The van der Waals surface area contributed by atoms with Gasteiger partial charge in [0.1, 0.15) is 11.6 Å². The Bertz CT molecular complexity index is 643. The molecule has 0 heterocycles. The highest BCUT2D eigenvalue weighted by Crippen LogP contribution is 2.20. The number of carbonyl (C=O) groups is 1.